The van der Waals surface area contributed by atoms with Crippen LogP contribution in [-0.2, 0) is 14.4 Å². The first-order valence-electron chi connectivity index (χ1n) is 7.01. The Morgan fingerprint density at radius 2 is 1.80 bits per heavy atom. The van der Waals surface area contributed by atoms with Gasteiger partial charge in [0.15, 0.2) is 0 Å². The number of hydrogen-bond donors (Lipinski definition) is 4. The van der Waals surface area contributed by atoms with Crippen LogP contribution in [-0.4, -0.2) is 42.8 Å². The second-order valence-electron chi connectivity index (χ2n) is 4.69. The molecule has 0 aromatic carbocycles. The number of nitrogens with two attached hydrogens (primary N) is 2. The van der Waals surface area contributed by atoms with E-state index in [0.29, 0.717) is 32.1 Å². The van der Waals surface area contributed by atoms with Crippen LogP contribution in [0.25, 0.3) is 0 Å². The lowest BCUT2D eigenvalue weighted by atomic mass is 10.1. The molecular formula is C13H26N4O3. The normalized spacial score (nSPS) is 15.0. The van der Waals surface area contributed by atoms with Crippen LogP contribution in [0.2, 0.25) is 0 Å². The van der Waals surface area contributed by atoms with E-state index in [9.17, 15) is 14.4 Å². The Labute approximate surface area is 119 Å². The van der Waals surface area contributed by atoms with E-state index < -0.39 is 18.1 Å². The van der Waals surface area contributed by atoms with Crippen molar-refractivity contribution in [1.82, 2.24) is 10.6 Å². The van der Waals surface area contributed by atoms with Crippen molar-refractivity contribution in [3.63, 3.8) is 0 Å². The summed E-state index contributed by atoms with van der Waals surface area (Å²) in [6.45, 7) is 4.00. The van der Waals surface area contributed by atoms with Gasteiger partial charge in [-0.05, 0) is 25.8 Å². The highest BCUT2D eigenvalue weighted by atomic mass is 16.2. The maximum atomic E-state index is 12.1. The summed E-state index contributed by atoms with van der Waals surface area (Å²) in [6.07, 6.45) is 2.73. The van der Waals surface area contributed by atoms with E-state index in [4.69, 9.17) is 11.5 Å². The quantitative estimate of drug-likeness (QED) is 0.385. The number of amides is 2. The summed E-state index contributed by atoms with van der Waals surface area (Å²) in [5, 5.41) is 5.19. The fourth-order valence-corrected chi connectivity index (χ4v) is 1.66. The van der Waals surface area contributed by atoms with Gasteiger partial charge >= 0.3 is 0 Å². The van der Waals surface area contributed by atoms with Crippen LogP contribution in [0.3, 0.4) is 0 Å². The molecule has 2 amide bonds. The molecule has 0 rings (SSSR count). The fourth-order valence-electron chi connectivity index (χ4n) is 1.66. The molecule has 0 fully saturated rings. The predicted molar refractivity (Wildman–Crippen MR) is 76.8 cm³/mol. The third kappa shape index (κ3) is 6.63. The summed E-state index contributed by atoms with van der Waals surface area (Å²) >= 11 is 0. The summed E-state index contributed by atoms with van der Waals surface area (Å²) < 4.78 is 0. The van der Waals surface area contributed by atoms with Gasteiger partial charge in [0.05, 0.1) is 12.1 Å². The Hall–Kier alpha value is -1.47. The van der Waals surface area contributed by atoms with Gasteiger partial charge in [0, 0.05) is 0 Å². The summed E-state index contributed by atoms with van der Waals surface area (Å²) in [6, 6.07) is -1.93. The van der Waals surface area contributed by atoms with E-state index in [0.717, 1.165) is 6.42 Å². The molecular weight excluding hydrogens is 260 g/mol. The lowest BCUT2D eigenvalue weighted by molar-refractivity contribution is -0.130. The Morgan fingerprint density at radius 1 is 1.15 bits per heavy atom. The van der Waals surface area contributed by atoms with Gasteiger partial charge in [0.25, 0.3) is 0 Å². The van der Waals surface area contributed by atoms with Gasteiger partial charge in [-0.15, -0.1) is 0 Å². The van der Waals surface area contributed by atoms with Crippen LogP contribution >= 0.6 is 0 Å². The van der Waals surface area contributed by atoms with Crippen molar-refractivity contribution in [2.24, 2.45) is 11.5 Å². The first-order chi connectivity index (χ1) is 9.49. The molecule has 0 saturated carbocycles. The average molecular weight is 286 g/mol. The molecule has 0 heterocycles. The SMILES string of the molecule is CCC[C@H](NC(=O)[C@@H](N)CC)C(=O)N[C@H](C=O)CCN. The topological polar surface area (TPSA) is 127 Å². The van der Waals surface area contributed by atoms with E-state index in [1.54, 1.807) is 6.92 Å². The lowest BCUT2D eigenvalue weighted by Crippen LogP contribution is -2.53. The van der Waals surface area contributed by atoms with Gasteiger partial charge in [-0.3, -0.25) is 9.59 Å². The van der Waals surface area contributed by atoms with E-state index in [2.05, 4.69) is 10.6 Å². The molecule has 7 heteroatoms. The standard InChI is InChI=1S/C13H26N4O3/c1-3-5-11(17-12(19)10(15)4-2)13(20)16-9(8-18)6-7-14/h8-11H,3-7,14-15H2,1-2H3,(H,16,20)(H,17,19)/t9-,10-,11-/m0/s1. The monoisotopic (exact) mass is 286 g/mol. The summed E-state index contributed by atoms with van der Waals surface area (Å²) in [5.41, 5.74) is 11.0. The van der Waals surface area contributed by atoms with E-state index in [1.807, 2.05) is 6.92 Å². The zero-order valence-corrected chi connectivity index (χ0v) is 12.2. The molecule has 0 aliphatic rings. The maximum Gasteiger partial charge on any atom is 0.243 e. The number of nitrogens with one attached hydrogen (secondary N) is 2. The van der Waals surface area contributed by atoms with Crippen LogP contribution in [0.5, 0.6) is 0 Å². The zero-order valence-electron chi connectivity index (χ0n) is 12.2. The van der Waals surface area contributed by atoms with Crippen molar-refractivity contribution in [3.05, 3.63) is 0 Å². The van der Waals surface area contributed by atoms with Gasteiger partial charge in [0.2, 0.25) is 11.8 Å². The number of rotatable bonds is 10. The number of aldehydes is 1. The predicted octanol–water partition coefficient (Wildman–Crippen LogP) is -0.959. The van der Waals surface area contributed by atoms with E-state index in [1.165, 1.54) is 0 Å². The molecule has 0 aliphatic carbocycles. The Balaban J connectivity index is 4.60. The molecule has 0 unspecified atom stereocenters. The third-order valence-electron chi connectivity index (χ3n) is 2.96. The van der Waals surface area contributed by atoms with Crippen molar-refractivity contribution in [3.8, 4) is 0 Å². The average Bonchev–Trinajstić information content (AvgIpc) is 2.44. The Morgan fingerprint density at radius 3 is 2.25 bits per heavy atom. The second-order valence-corrected chi connectivity index (χ2v) is 4.69. The second kappa shape index (κ2) is 10.3. The Kier molecular flexibility index (Phi) is 9.57. The molecule has 0 saturated heterocycles. The van der Waals surface area contributed by atoms with Crippen molar-refractivity contribution < 1.29 is 14.4 Å². The summed E-state index contributed by atoms with van der Waals surface area (Å²) in [4.78, 5) is 34.6. The van der Waals surface area contributed by atoms with Gasteiger partial charge in [0.1, 0.15) is 12.3 Å². The zero-order chi connectivity index (χ0) is 15.5. The van der Waals surface area contributed by atoms with Crippen molar-refractivity contribution in [2.75, 3.05) is 6.54 Å². The van der Waals surface area contributed by atoms with Gasteiger partial charge in [-0.1, -0.05) is 20.3 Å². The molecule has 6 N–H and O–H groups in total. The molecule has 116 valence electrons. The molecule has 0 aromatic heterocycles. The van der Waals surface area contributed by atoms with Crippen molar-refractivity contribution in [1.29, 1.82) is 0 Å². The molecule has 7 nitrogen and oxygen atoms in total. The molecule has 20 heavy (non-hydrogen) atoms. The number of carbonyl (C=O) groups is 3. The van der Waals surface area contributed by atoms with Gasteiger partial charge in [-0.25, -0.2) is 0 Å². The third-order valence-corrected chi connectivity index (χ3v) is 2.96. The van der Waals surface area contributed by atoms with Crippen molar-refractivity contribution >= 4 is 18.1 Å². The minimum absolute atomic E-state index is 0.301. The van der Waals surface area contributed by atoms with Gasteiger partial charge in [-0.2, -0.15) is 0 Å². The highest BCUT2D eigenvalue weighted by Gasteiger charge is 2.23. The largest absolute Gasteiger partial charge is 0.345 e. The maximum absolute atomic E-state index is 12.1. The molecule has 3 atom stereocenters. The molecule has 0 bridgehead atoms. The van der Waals surface area contributed by atoms with Gasteiger partial charge < -0.3 is 26.9 Å². The molecule has 0 spiro atoms. The van der Waals surface area contributed by atoms with Crippen LogP contribution in [0.1, 0.15) is 39.5 Å². The van der Waals surface area contributed by atoms with Crippen LogP contribution in [0.15, 0.2) is 0 Å². The first kappa shape index (κ1) is 18.5. The van der Waals surface area contributed by atoms with Crippen LogP contribution in [0.4, 0.5) is 0 Å². The number of carbonyl (C=O) groups excluding carboxylic acids is 3. The van der Waals surface area contributed by atoms with Crippen molar-refractivity contribution in [2.45, 2.75) is 57.7 Å². The minimum Gasteiger partial charge on any atom is -0.345 e. The summed E-state index contributed by atoms with van der Waals surface area (Å²) in [7, 11) is 0. The van der Waals surface area contributed by atoms with Crippen LogP contribution < -0.4 is 22.1 Å². The smallest absolute Gasteiger partial charge is 0.243 e. The lowest BCUT2D eigenvalue weighted by Gasteiger charge is -2.21. The number of hydrogen-bond acceptors (Lipinski definition) is 5. The molecule has 0 aromatic rings. The molecule has 0 aliphatic heterocycles. The minimum atomic E-state index is -0.676. The highest BCUT2D eigenvalue weighted by Crippen LogP contribution is 2.00. The first-order valence-corrected chi connectivity index (χ1v) is 7.01. The Bertz CT molecular complexity index is 323. The highest BCUT2D eigenvalue weighted by molar-refractivity contribution is 5.90. The summed E-state index contributed by atoms with van der Waals surface area (Å²) in [5.74, 6) is -0.739. The van der Waals surface area contributed by atoms with Crippen LogP contribution in [0, 0.1) is 0 Å². The van der Waals surface area contributed by atoms with E-state index in [-0.39, 0.29) is 11.8 Å². The van der Waals surface area contributed by atoms with E-state index >= 15 is 0 Å². The fraction of sp³-hybridized carbons (Fsp3) is 0.769. The molecule has 0 radical (unpaired) electrons.